The standard InChI is InChI=1S/C20H24FNO3/c1-20(25-3,17-6-4-5-7-18(17)21)14-22-19(23)13-10-15-8-11-16(24-2)12-9-15/h4-9,11-12H,10,13-14H2,1-3H3,(H,22,23). The molecule has 0 aliphatic carbocycles. The Balaban J connectivity index is 1.90. The van der Waals surface area contributed by atoms with Crippen molar-refractivity contribution in [3.05, 3.63) is 65.5 Å². The number of amides is 1. The highest BCUT2D eigenvalue weighted by atomic mass is 19.1. The Morgan fingerprint density at radius 3 is 2.40 bits per heavy atom. The van der Waals surface area contributed by atoms with Gasteiger partial charge in [0, 0.05) is 19.1 Å². The highest BCUT2D eigenvalue weighted by molar-refractivity contribution is 5.76. The summed E-state index contributed by atoms with van der Waals surface area (Å²) in [5.41, 5.74) is 0.564. The lowest BCUT2D eigenvalue weighted by molar-refractivity contribution is -0.122. The summed E-state index contributed by atoms with van der Waals surface area (Å²) in [6, 6.07) is 14.0. The maximum absolute atomic E-state index is 14.0. The van der Waals surface area contributed by atoms with Gasteiger partial charge in [-0.15, -0.1) is 0 Å². The molecule has 1 N–H and O–H groups in total. The third-order valence-electron chi connectivity index (χ3n) is 4.32. The minimum atomic E-state index is -0.916. The minimum absolute atomic E-state index is 0.101. The van der Waals surface area contributed by atoms with Crippen LogP contribution in [0.2, 0.25) is 0 Å². The first-order chi connectivity index (χ1) is 12.0. The minimum Gasteiger partial charge on any atom is -0.497 e. The van der Waals surface area contributed by atoms with Crippen LogP contribution in [0.4, 0.5) is 4.39 Å². The van der Waals surface area contributed by atoms with Crippen molar-refractivity contribution in [1.29, 1.82) is 0 Å². The number of hydrogen-bond donors (Lipinski definition) is 1. The maximum Gasteiger partial charge on any atom is 0.220 e. The molecular weight excluding hydrogens is 321 g/mol. The second-order valence-corrected chi connectivity index (χ2v) is 6.04. The second kappa shape index (κ2) is 8.62. The van der Waals surface area contributed by atoms with Crippen molar-refractivity contribution >= 4 is 5.91 Å². The highest BCUT2D eigenvalue weighted by Crippen LogP contribution is 2.26. The highest BCUT2D eigenvalue weighted by Gasteiger charge is 2.29. The van der Waals surface area contributed by atoms with E-state index in [-0.39, 0.29) is 18.3 Å². The lowest BCUT2D eigenvalue weighted by Gasteiger charge is -2.29. The molecule has 0 aliphatic heterocycles. The molecule has 0 spiro atoms. The molecule has 0 saturated carbocycles. The number of halogens is 1. The number of carbonyl (C=O) groups excluding carboxylic acids is 1. The molecule has 1 unspecified atom stereocenters. The summed E-state index contributed by atoms with van der Waals surface area (Å²) in [4.78, 5) is 12.1. The Bertz CT molecular complexity index is 702. The van der Waals surface area contributed by atoms with E-state index in [1.807, 2.05) is 24.3 Å². The zero-order chi connectivity index (χ0) is 18.3. The predicted molar refractivity (Wildman–Crippen MR) is 95.1 cm³/mol. The van der Waals surface area contributed by atoms with E-state index in [4.69, 9.17) is 9.47 Å². The average molecular weight is 345 g/mol. The third kappa shape index (κ3) is 5.03. The molecule has 4 nitrogen and oxygen atoms in total. The summed E-state index contributed by atoms with van der Waals surface area (Å²) in [7, 11) is 3.13. The van der Waals surface area contributed by atoms with Gasteiger partial charge in [-0.25, -0.2) is 4.39 Å². The molecule has 25 heavy (non-hydrogen) atoms. The van der Waals surface area contributed by atoms with Gasteiger partial charge in [0.25, 0.3) is 0 Å². The molecule has 0 aromatic heterocycles. The van der Waals surface area contributed by atoms with Crippen molar-refractivity contribution < 1.29 is 18.7 Å². The molecule has 0 aliphatic rings. The van der Waals surface area contributed by atoms with Gasteiger partial charge >= 0.3 is 0 Å². The summed E-state index contributed by atoms with van der Waals surface area (Å²) in [5, 5.41) is 2.84. The van der Waals surface area contributed by atoms with Crippen LogP contribution in [-0.4, -0.2) is 26.7 Å². The van der Waals surface area contributed by atoms with Gasteiger partial charge in [-0.1, -0.05) is 30.3 Å². The van der Waals surface area contributed by atoms with Crippen LogP contribution >= 0.6 is 0 Å². The molecule has 2 aromatic rings. The van der Waals surface area contributed by atoms with Crippen molar-refractivity contribution in [2.75, 3.05) is 20.8 Å². The molecule has 0 radical (unpaired) electrons. The quantitative estimate of drug-likeness (QED) is 0.797. The third-order valence-corrected chi connectivity index (χ3v) is 4.32. The van der Waals surface area contributed by atoms with Crippen molar-refractivity contribution in [1.82, 2.24) is 5.32 Å². The zero-order valence-corrected chi connectivity index (χ0v) is 14.8. The molecule has 5 heteroatoms. The second-order valence-electron chi connectivity index (χ2n) is 6.04. The van der Waals surface area contributed by atoms with Crippen molar-refractivity contribution in [3.63, 3.8) is 0 Å². The Kier molecular flexibility index (Phi) is 6.53. The van der Waals surface area contributed by atoms with Crippen LogP contribution in [0.3, 0.4) is 0 Å². The van der Waals surface area contributed by atoms with Crippen LogP contribution in [0.5, 0.6) is 5.75 Å². The van der Waals surface area contributed by atoms with Gasteiger partial charge in [0.1, 0.15) is 17.2 Å². The van der Waals surface area contributed by atoms with Crippen LogP contribution in [0.1, 0.15) is 24.5 Å². The van der Waals surface area contributed by atoms with Crippen molar-refractivity contribution in [2.24, 2.45) is 0 Å². The van der Waals surface area contributed by atoms with E-state index in [2.05, 4.69) is 5.32 Å². The van der Waals surface area contributed by atoms with Gasteiger partial charge in [0.2, 0.25) is 5.91 Å². The van der Waals surface area contributed by atoms with Gasteiger partial charge in [0.15, 0.2) is 0 Å². The first-order valence-corrected chi connectivity index (χ1v) is 8.18. The monoisotopic (exact) mass is 345 g/mol. The van der Waals surface area contributed by atoms with E-state index < -0.39 is 5.60 Å². The number of rotatable bonds is 8. The molecule has 0 saturated heterocycles. The van der Waals surface area contributed by atoms with E-state index in [0.29, 0.717) is 18.4 Å². The van der Waals surface area contributed by atoms with Crippen molar-refractivity contribution in [2.45, 2.75) is 25.4 Å². The lowest BCUT2D eigenvalue weighted by Crippen LogP contribution is -2.40. The van der Waals surface area contributed by atoms with E-state index in [1.165, 1.54) is 13.2 Å². The van der Waals surface area contributed by atoms with Gasteiger partial charge < -0.3 is 14.8 Å². The number of ether oxygens (including phenoxy) is 2. The number of methoxy groups -OCH3 is 2. The first kappa shape index (κ1) is 18.9. The van der Waals surface area contributed by atoms with E-state index in [0.717, 1.165) is 11.3 Å². The fourth-order valence-electron chi connectivity index (χ4n) is 2.57. The Morgan fingerprint density at radius 2 is 1.80 bits per heavy atom. The summed E-state index contributed by atoms with van der Waals surface area (Å²) in [5.74, 6) is 0.337. The molecule has 1 atom stereocenters. The summed E-state index contributed by atoms with van der Waals surface area (Å²) < 4.78 is 24.6. The van der Waals surface area contributed by atoms with Gasteiger partial charge in [-0.05, 0) is 37.1 Å². The Labute approximate surface area is 148 Å². The van der Waals surface area contributed by atoms with Gasteiger partial charge in [-0.2, -0.15) is 0 Å². The van der Waals surface area contributed by atoms with Gasteiger partial charge in [0.05, 0.1) is 13.7 Å². The molecule has 2 rings (SSSR count). The fraction of sp³-hybridized carbons (Fsp3) is 0.350. The van der Waals surface area contributed by atoms with Crippen LogP contribution in [0, 0.1) is 5.82 Å². The number of carbonyl (C=O) groups is 1. The van der Waals surface area contributed by atoms with E-state index in [9.17, 15) is 9.18 Å². The van der Waals surface area contributed by atoms with Crippen LogP contribution in [-0.2, 0) is 21.6 Å². The van der Waals surface area contributed by atoms with E-state index >= 15 is 0 Å². The smallest absolute Gasteiger partial charge is 0.220 e. The number of nitrogens with one attached hydrogen (secondary N) is 1. The summed E-state index contributed by atoms with van der Waals surface area (Å²) in [6.07, 6.45) is 0.975. The zero-order valence-electron chi connectivity index (χ0n) is 14.8. The fourth-order valence-corrected chi connectivity index (χ4v) is 2.57. The van der Waals surface area contributed by atoms with Crippen LogP contribution < -0.4 is 10.1 Å². The van der Waals surface area contributed by atoms with Gasteiger partial charge in [-0.3, -0.25) is 4.79 Å². The normalized spacial score (nSPS) is 13.1. The topological polar surface area (TPSA) is 47.6 Å². The first-order valence-electron chi connectivity index (χ1n) is 8.18. The lowest BCUT2D eigenvalue weighted by atomic mass is 9.95. The predicted octanol–water partition coefficient (Wildman–Crippen LogP) is 3.44. The maximum atomic E-state index is 14.0. The van der Waals surface area contributed by atoms with Crippen LogP contribution in [0.25, 0.3) is 0 Å². The SMILES string of the molecule is COc1ccc(CCC(=O)NCC(C)(OC)c2ccccc2F)cc1. The largest absolute Gasteiger partial charge is 0.497 e. The van der Waals surface area contributed by atoms with Crippen LogP contribution in [0.15, 0.2) is 48.5 Å². The van der Waals surface area contributed by atoms with Crippen molar-refractivity contribution in [3.8, 4) is 5.75 Å². The Morgan fingerprint density at radius 1 is 1.12 bits per heavy atom. The molecule has 134 valence electrons. The molecule has 0 heterocycles. The summed E-state index contributed by atoms with van der Waals surface area (Å²) in [6.45, 7) is 1.96. The number of benzene rings is 2. The average Bonchev–Trinajstić information content (AvgIpc) is 2.65. The Hall–Kier alpha value is -2.40. The number of hydrogen-bond acceptors (Lipinski definition) is 3. The molecule has 0 fully saturated rings. The molecule has 2 aromatic carbocycles. The molecular formula is C20H24FNO3. The molecule has 1 amide bonds. The molecule has 0 bridgehead atoms. The number of aryl methyl sites for hydroxylation is 1. The summed E-state index contributed by atoms with van der Waals surface area (Å²) >= 11 is 0. The van der Waals surface area contributed by atoms with E-state index in [1.54, 1.807) is 32.2 Å².